The SMILES string of the molecule is CC.CC.CCC1OCC(COc2ccc(N3CCN(C(C)=O)CC3)cc2)O1.Cc1cccc(Cl)c1. The number of hydrogen-bond donors (Lipinski definition) is 0. The van der Waals surface area contributed by atoms with Crippen LogP contribution in [0.25, 0.3) is 0 Å². The molecule has 2 aliphatic heterocycles. The van der Waals surface area contributed by atoms with E-state index in [1.54, 1.807) is 6.92 Å². The van der Waals surface area contributed by atoms with Crippen LogP contribution in [0.4, 0.5) is 5.69 Å². The zero-order valence-corrected chi connectivity index (χ0v) is 23.9. The van der Waals surface area contributed by atoms with Crippen LogP contribution in [0.2, 0.25) is 5.02 Å². The van der Waals surface area contributed by atoms with Gasteiger partial charge in [-0.3, -0.25) is 4.79 Å². The molecule has 0 N–H and O–H groups in total. The molecule has 0 aliphatic carbocycles. The summed E-state index contributed by atoms with van der Waals surface area (Å²) in [6, 6.07) is 15.9. The molecule has 2 fully saturated rings. The van der Waals surface area contributed by atoms with E-state index in [4.69, 9.17) is 25.8 Å². The lowest BCUT2D eigenvalue weighted by Crippen LogP contribution is -2.48. The number of anilines is 1. The third-order valence-corrected chi connectivity index (χ3v) is 5.72. The maximum Gasteiger partial charge on any atom is 0.219 e. The van der Waals surface area contributed by atoms with Crippen molar-refractivity contribution in [2.45, 2.75) is 67.3 Å². The van der Waals surface area contributed by atoms with Gasteiger partial charge in [0, 0.05) is 43.8 Å². The Balaban J connectivity index is 0.000000452. The third-order valence-electron chi connectivity index (χ3n) is 5.49. The number of amides is 1. The number of benzene rings is 2. The maximum absolute atomic E-state index is 11.4. The van der Waals surface area contributed by atoms with Crippen LogP contribution in [-0.2, 0) is 14.3 Å². The van der Waals surface area contributed by atoms with Gasteiger partial charge in [-0.2, -0.15) is 0 Å². The molecular weight excluding hydrogens is 476 g/mol. The van der Waals surface area contributed by atoms with Crippen molar-refractivity contribution in [3.63, 3.8) is 0 Å². The molecule has 0 radical (unpaired) electrons. The van der Waals surface area contributed by atoms with Crippen molar-refractivity contribution in [2.75, 3.05) is 44.3 Å². The average molecular weight is 521 g/mol. The van der Waals surface area contributed by atoms with Gasteiger partial charge >= 0.3 is 0 Å². The van der Waals surface area contributed by atoms with Crippen molar-refractivity contribution >= 4 is 23.2 Å². The van der Waals surface area contributed by atoms with E-state index in [2.05, 4.69) is 17.0 Å². The standard InChI is InChI=1S/C18H26N2O4.C7H7Cl.2C2H6/c1-3-18-23-13-17(24-18)12-22-16-6-4-15(5-7-16)20-10-8-19(9-11-20)14(2)21;1-6-3-2-4-7(8)5-6;2*1-2/h4-7,17-18H,3,8-13H2,1-2H3;2-5H,1H3;2*1-2H3. The minimum absolute atomic E-state index is 0.00860. The van der Waals surface area contributed by atoms with Gasteiger partial charge in [0.25, 0.3) is 0 Å². The molecule has 0 spiro atoms. The predicted molar refractivity (Wildman–Crippen MR) is 150 cm³/mol. The highest BCUT2D eigenvalue weighted by Crippen LogP contribution is 2.22. The Morgan fingerprint density at radius 1 is 1.03 bits per heavy atom. The van der Waals surface area contributed by atoms with Crippen LogP contribution in [0.15, 0.2) is 48.5 Å². The minimum Gasteiger partial charge on any atom is -0.491 e. The summed E-state index contributed by atoms with van der Waals surface area (Å²) in [5, 5.41) is 0.810. The topological polar surface area (TPSA) is 51.2 Å². The van der Waals surface area contributed by atoms with Crippen molar-refractivity contribution in [1.29, 1.82) is 0 Å². The van der Waals surface area contributed by atoms with E-state index in [-0.39, 0.29) is 18.3 Å². The van der Waals surface area contributed by atoms with E-state index in [0.717, 1.165) is 49.1 Å². The summed E-state index contributed by atoms with van der Waals surface area (Å²) < 4.78 is 17.0. The van der Waals surface area contributed by atoms with Gasteiger partial charge in [-0.25, -0.2) is 0 Å². The first-order valence-electron chi connectivity index (χ1n) is 13.2. The molecule has 0 bridgehead atoms. The maximum atomic E-state index is 11.4. The van der Waals surface area contributed by atoms with Gasteiger partial charge in [0.1, 0.15) is 18.5 Å². The summed E-state index contributed by atoms with van der Waals surface area (Å²) in [6.45, 7) is 18.1. The Labute approximate surface area is 223 Å². The van der Waals surface area contributed by atoms with E-state index >= 15 is 0 Å². The summed E-state index contributed by atoms with van der Waals surface area (Å²) in [6.07, 6.45) is 0.783. The van der Waals surface area contributed by atoms with Crippen molar-refractivity contribution < 1.29 is 19.0 Å². The fraction of sp³-hybridized carbons (Fsp3) is 0.552. The number of hydrogen-bond acceptors (Lipinski definition) is 5. The van der Waals surface area contributed by atoms with E-state index < -0.39 is 0 Å². The fourth-order valence-corrected chi connectivity index (χ4v) is 3.88. The van der Waals surface area contributed by atoms with Crippen molar-refractivity contribution in [2.24, 2.45) is 0 Å². The molecule has 0 aromatic heterocycles. The quantitative estimate of drug-likeness (QED) is 0.445. The Morgan fingerprint density at radius 2 is 1.67 bits per heavy atom. The highest BCUT2D eigenvalue weighted by molar-refractivity contribution is 6.30. The molecule has 2 aliphatic rings. The highest BCUT2D eigenvalue weighted by atomic mass is 35.5. The van der Waals surface area contributed by atoms with Crippen LogP contribution in [-0.4, -0.2) is 62.6 Å². The molecule has 2 aromatic carbocycles. The second-order valence-electron chi connectivity index (χ2n) is 8.03. The molecular formula is C29H45ClN2O4. The normalized spacial score (nSPS) is 18.6. The molecule has 6 nitrogen and oxygen atoms in total. The van der Waals surface area contributed by atoms with Crippen LogP contribution in [0.1, 0.15) is 53.5 Å². The molecule has 2 aromatic rings. The van der Waals surface area contributed by atoms with Crippen molar-refractivity contribution in [3.05, 3.63) is 59.1 Å². The zero-order chi connectivity index (χ0) is 26.9. The first-order chi connectivity index (χ1) is 17.4. The number of carbonyl (C=O) groups excluding carboxylic acids is 1. The second-order valence-corrected chi connectivity index (χ2v) is 8.46. The van der Waals surface area contributed by atoms with Crippen LogP contribution in [0.5, 0.6) is 5.75 Å². The summed E-state index contributed by atoms with van der Waals surface area (Å²) in [5.41, 5.74) is 2.37. The molecule has 2 saturated heterocycles. The van der Waals surface area contributed by atoms with Crippen LogP contribution in [0, 0.1) is 6.92 Å². The molecule has 202 valence electrons. The van der Waals surface area contributed by atoms with Gasteiger partial charge in [0.15, 0.2) is 6.29 Å². The van der Waals surface area contributed by atoms with Gasteiger partial charge in [-0.1, -0.05) is 58.4 Å². The summed E-state index contributed by atoms with van der Waals surface area (Å²) in [7, 11) is 0. The summed E-state index contributed by atoms with van der Waals surface area (Å²) >= 11 is 5.64. The molecule has 0 saturated carbocycles. The Kier molecular flexibility index (Phi) is 15.9. The highest BCUT2D eigenvalue weighted by Gasteiger charge is 2.25. The second kappa shape index (κ2) is 18.0. The van der Waals surface area contributed by atoms with E-state index in [1.165, 1.54) is 5.56 Å². The lowest BCUT2D eigenvalue weighted by molar-refractivity contribution is -0.129. The predicted octanol–water partition coefficient (Wildman–Crippen LogP) is 6.59. The van der Waals surface area contributed by atoms with Crippen molar-refractivity contribution in [1.82, 2.24) is 4.90 Å². The average Bonchev–Trinajstić information content (AvgIpc) is 3.39. The van der Waals surface area contributed by atoms with Gasteiger partial charge in [0.05, 0.1) is 6.61 Å². The Morgan fingerprint density at radius 3 is 2.14 bits per heavy atom. The fourth-order valence-electron chi connectivity index (χ4n) is 3.64. The smallest absolute Gasteiger partial charge is 0.219 e. The molecule has 1 amide bonds. The van der Waals surface area contributed by atoms with E-state index in [9.17, 15) is 4.79 Å². The molecule has 7 heteroatoms. The summed E-state index contributed by atoms with van der Waals surface area (Å²) in [5.74, 6) is 0.992. The monoisotopic (exact) mass is 520 g/mol. The van der Waals surface area contributed by atoms with E-state index in [1.807, 2.05) is 82.8 Å². The molecule has 2 heterocycles. The number of carbonyl (C=O) groups is 1. The van der Waals surface area contributed by atoms with Gasteiger partial charge in [-0.05, 0) is 55.3 Å². The van der Waals surface area contributed by atoms with Crippen LogP contribution >= 0.6 is 11.6 Å². The number of piperazine rings is 1. The first-order valence-corrected chi connectivity index (χ1v) is 13.5. The lowest BCUT2D eigenvalue weighted by Gasteiger charge is -2.35. The van der Waals surface area contributed by atoms with Gasteiger partial charge in [-0.15, -0.1) is 0 Å². The molecule has 2 atom stereocenters. The van der Waals surface area contributed by atoms with Gasteiger partial charge in [0.2, 0.25) is 5.91 Å². The minimum atomic E-state index is -0.0883. The lowest BCUT2D eigenvalue weighted by atomic mass is 10.2. The third kappa shape index (κ3) is 11.2. The molecule has 36 heavy (non-hydrogen) atoms. The van der Waals surface area contributed by atoms with Crippen molar-refractivity contribution in [3.8, 4) is 5.75 Å². The van der Waals surface area contributed by atoms with Gasteiger partial charge < -0.3 is 24.0 Å². The number of aryl methyl sites for hydroxylation is 1. The molecule has 2 unspecified atom stereocenters. The van der Waals surface area contributed by atoms with Crippen LogP contribution in [0.3, 0.4) is 0 Å². The number of rotatable bonds is 5. The first kappa shape index (κ1) is 31.7. The largest absolute Gasteiger partial charge is 0.491 e. The Bertz CT molecular complexity index is 837. The number of nitrogens with zero attached hydrogens (tertiary/aromatic N) is 2. The molecule has 4 rings (SSSR count). The zero-order valence-electron chi connectivity index (χ0n) is 23.1. The Hall–Kier alpha value is -2.28. The number of ether oxygens (including phenoxy) is 3. The summed E-state index contributed by atoms with van der Waals surface area (Å²) in [4.78, 5) is 15.6. The van der Waals surface area contributed by atoms with Crippen LogP contribution < -0.4 is 9.64 Å². The number of halogens is 1. The van der Waals surface area contributed by atoms with E-state index in [0.29, 0.717) is 13.2 Å².